The van der Waals surface area contributed by atoms with Crippen LogP contribution in [0.5, 0.6) is 5.75 Å². The van der Waals surface area contributed by atoms with Gasteiger partial charge in [0.05, 0.1) is 0 Å². The molecule has 1 rings (SSSR count). The van der Waals surface area contributed by atoms with E-state index >= 15 is 0 Å². The predicted molar refractivity (Wildman–Crippen MR) is 68.0 cm³/mol. The lowest BCUT2D eigenvalue weighted by Crippen LogP contribution is -1.93. The van der Waals surface area contributed by atoms with Crippen molar-refractivity contribution in [1.82, 2.24) is 4.98 Å². The Hall–Kier alpha value is -2.16. The number of nitrogens with zero attached hydrogens (tertiary/aromatic N) is 1. The van der Waals surface area contributed by atoms with E-state index in [0.29, 0.717) is 17.7 Å². The number of allylic oxidation sites excluding steroid dienone is 5. The molecule has 3 heteroatoms. The molecule has 3 nitrogen and oxygen atoms in total. The second-order valence-corrected chi connectivity index (χ2v) is 3.53. The summed E-state index contributed by atoms with van der Waals surface area (Å²) in [5.41, 5.74) is 1.41. The SMILES string of the molecule is C=C/C(C)=C\C=C(/C)Oc1ccnc(C=O)c1. The highest BCUT2D eigenvalue weighted by atomic mass is 16.5. The normalized spacial score (nSPS) is 12.1. The molecule has 0 radical (unpaired) electrons. The molecule has 0 aromatic carbocycles. The van der Waals surface area contributed by atoms with Gasteiger partial charge in [-0.2, -0.15) is 0 Å². The molecule has 17 heavy (non-hydrogen) atoms. The summed E-state index contributed by atoms with van der Waals surface area (Å²) in [5, 5.41) is 0. The molecule has 0 aliphatic heterocycles. The number of aromatic nitrogens is 1. The Balaban J connectivity index is 2.76. The lowest BCUT2D eigenvalue weighted by molar-refractivity contribution is 0.111. The number of carbonyl (C=O) groups is 1. The molecule has 0 amide bonds. The van der Waals surface area contributed by atoms with Gasteiger partial charge in [-0.3, -0.25) is 9.78 Å². The Morgan fingerprint density at radius 1 is 1.41 bits per heavy atom. The van der Waals surface area contributed by atoms with E-state index in [-0.39, 0.29) is 0 Å². The zero-order chi connectivity index (χ0) is 12.7. The highest BCUT2D eigenvalue weighted by molar-refractivity contribution is 5.72. The maximum atomic E-state index is 10.5. The number of pyridine rings is 1. The summed E-state index contributed by atoms with van der Waals surface area (Å²) in [6.07, 6.45) is 7.74. The monoisotopic (exact) mass is 229 g/mol. The third kappa shape index (κ3) is 4.47. The minimum absolute atomic E-state index is 0.355. The number of rotatable bonds is 5. The second kappa shape index (κ2) is 6.43. The summed E-state index contributed by atoms with van der Waals surface area (Å²) in [5.74, 6) is 1.33. The van der Waals surface area contributed by atoms with Crippen LogP contribution < -0.4 is 4.74 Å². The molecule has 0 saturated heterocycles. The highest BCUT2D eigenvalue weighted by Gasteiger charge is 1.97. The van der Waals surface area contributed by atoms with Gasteiger partial charge in [0.15, 0.2) is 6.29 Å². The number of aldehydes is 1. The summed E-state index contributed by atoms with van der Waals surface area (Å²) in [6, 6.07) is 3.29. The van der Waals surface area contributed by atoms with Gasteiger partial charge in [0.25, 0.3) is 0 Å². The molecule has 0 N–H and O–H groups in total. The number of carbonyl (C=O) groups excluding carboxylic acids is 1. The van der Waals surface area contributed by atoms with Gasteiger partial charge in [0.2, 0.25) is 0 Å². The predicted octanol–water partition coefficient (Wildman–Crippen LogP) is 3.31. The van der Waals surface area contributed by atoms with Gasteiger partial charge in [-0.05, 0) is 26.0 Å². The quantitative estimate of drug-likeness (QED) is 0.441. The van der Waals surface area contributed by atoms with Crippen LogP contribution in [0.25, 0.3) is 0 Å². The van der Waals surface area contributed by atoms with Crippen molar-refractivity contribution in [3.05, 3.63) is 60.2 Å². The smallest absolute Gasteiger partial charge is 0.168 e. The van der Waals surface area contributed by atoms with Crippen LogP contribution in [0.4, 0.5) is 0 Å². The summed E-state index contributed by atoms with van der Waals surface area (Å²) in [4.78, 5) is 14.4. The zero-order valence-electron chi connectivity index (χ0n) is 10.0. The average molecular weight is 229 g/mol. The van der Waals surface area contributed by atoms with E-state index in [2.05, 4.69) is 11.6 Å². The molecule has 0 fully saturated rings. The maximum absolute atomic E-state index is 10.5. The van der Waals surface area contributed by atoms with Crippen molar-refractivity contribution in [2.75, 3.05) is 0 Å². The van der Waals surface area contributed by atoms with Crippen LogP contribution in [0.15, 0.2) is 54.5 Å². The van der Waals surface area contributed by atoms with Crippen LogP contribution in [0.1, 0.15) is 24.3 Å². The molecule has 0 bridgehead atoms. The van der Waals surface area contributed by atoms with Gasteiger partial charge in [0.1, 0.15) is 17.2 Å². The van der Waals surface area contributed by atoms with E-state index in [1.807, 2.05) is 26.0 Å². The van der Waals surface area contributed by atoms with Gasteiger partial charge in [0, 0.05) is 12.3 Å². The summed E-state index contributed by atoms with van der Waals surface area (Å²) in [7, 11) is 0. The molecule has 1 aromatic rings. The first-order valence-electron chi connectivity index (χ1n) is 5.22. The van der Waals surface area contributed by atoms with Crippen molar-refractivity contribution in [3.63, 3.8) is 0 Å². The van der Waals surface area contributed by atoms with Crippen LogP contribution in [0, 0.1) is 0 Å². The number of hydrogen-bond acceptors (Lipinski definition) is 3. The Labute approximate surface area is 101 Å². The fraction of sp³-hybridized carbons (Fsp3) is 0.143. The molecule has 1 heterocycles. The minimum atomic E-state index is 0.355. The Kier molecular flexibility index (Phi) is 4.88. The standard InChI is InChI=1S/C14H15NO2/c1-4-11(2)5-6-12(3)17-14-7-8-15-13(9-14)10-16/h4-10H,1H2,2-3H3/b11-5-,12-6+. The molecule has 0 atom stereocenters. The largest absolute Gasteiger partial charge is 0.462 e. The maximum Gasteiger partial charge on any atom is 0.168 e. The average Bonchev–Trinajstić information content (AvgIpc) is 2.36. The lowest BCUT2D eigenvalue weighted by Gasteiger charge is -2.04. The minimum Gasteiger partial charge on any atom is -0.462 e. The van der Waals surface area contributed by atoms with Crippen molar-refractivity contribution in [2.24, 2.45) is 0 Å². The summed E-state index contributed by atoms with van der Waals surface area (Å²) >= 11 is 0. The van der Waals surface area contributed by atoms with Crippen molar-refractivity contribution in [2.45, 2.75) is 13.8 Å². The lowest BCUT2D eigenvalue weighted by atomic mass is 10.2. The first kappa shape index (κ1) is 12.9. The van der Waals surface area contributed by atoms with Crippen LogP contribution in [0.3, 0.4) is 0 Å². The molecular formula is C14H15NO2. The van der Waals surface area contributed by atoms with Crippen molar-refractivity contribution in [1.29, 1.82) is 0 Å². The van der Waals surface area contributed by atoms with Gasteiger partial charge >= 0.3 is 0 Å². The van der Waals surface area contributed by atoms with Crippen LogP contribution in [-0.2, 0) is 0 Å². The number of ether oxygens (including phenoxy) is 1. The van der Waals surface area contributed by atoms with Gasteiger partial charge < -0.3 is 4.74 Å². The van der Waals surface area contributed by atoms with E-state index < -0.39 is 0 Å². The zero-order valence-corrected chi connectivity index (χ0v) is 10.0. The fourth-order valence-corrected chi connectivity index (χ4v) is 1.09. The van der Waals surface area contributed by atoms with E-state index in [0.717, 1.165) is 11.3 Å². The fourth-order valence-electron chi connectivity index (χ4n) is 1.09. The Morgan fingerprint density at radius 3 is 2.82 bits per heavy atom. The molecule has 0 aliphatic carbocycles. The molecular weight excluding hydrogens is 214 g/mol. The first-order chi connectivity index (χ1) is 8.15. The second-order valence-electron chi connectivity index (χ2n) is 3.53. The van der Waals surface area contributed by atoms with E-state index in [4.69, 9.17) is 4.74 Å². The molecule has 0 aliphatic rings. The van der Waals surface area contributed by atoms with Crippen LogP contribution >= 0.6 is 0 Å². The summed E-state index contributed by atoms with van der Waals surface area (Å²) < 4.78 is 5.54. The molecule has 0 unspecified atom stereocenters. The summed E-state index contributed by atoms with van der Waals surface area (Å²) in [6.45, 7) is 7.45. The third-order valence-corrected chi connectivity index (χ3v) is 2.06. The van der Waals surface area contributed by atoms with Gasteiger partial charge in [-0.25, -0.2) is 0 Å². The molecule has 0 saturated carbocycles. The van der Waals surface area contributed by atoms with Gasteiger partial charge in [-0.15, -0.1) is 0 Å². The van der Waals surface area contributed by atoms with Crippen LogP contribution in [-0.4, -0.2) is 11.3 Å². The van der Waals surface area contributed by atoms with E-state index in [1.165, 1.54) is 6.20 Å². The van der Waals surface area contributed by atoms with Crippen molar-refractivity contribution < 1.29 is 9.53 Å². The van der Waals surface area contributed by atoms with Gasteiger partial charge in [-0.1, -0.05) is 24.3 Å². The third-order valence-electron chi connectivity index (χ3n) is 2.06. The first-order valence-corrected chi connectivity index (χ1v) is 5.22. The topological polar surface area (TPSA) is 39.2 Å². The Morgan fingerprint density at radius 2 is 2.18 bits per heavy atom. The molecule has 1 aromatic heterocycles. The highest BCUT2D eigenvalue weighted by Crippen LogP contribution is 2.13. The van der Waals surface area contributed by atoms with E-state index in [9.17, 15) is 4.79 Å². The number of hydrogen-bond donors (Lipinski definition) is 0. The van der Waals surface area contributed by atoms with Crippen molar-refractivity contribution in [3.8, 4) is 5.75 Å². The molecule has 0 spiro atoms. The van der Waals surface area contributed by atoms with Crippen molar-refractivity contribution >= 4 is 6.29 Å². The Bertz CT molecular complexity index is 473. The molecule has 88 valence electrons. The van der Waals surface area contributed by atoms with E-state index in [1.54, 1.807) is 18.2 Å². The van der Waals surface area contributed by atoms with Crippen LogP contribution in [0.2, 0.25) is 0 Å².